The van der Waals surface area contributed by atoms with E-state index in [-0.39, 0.29) is 0 Å². The first-order valence-corrected chi connectivity index (χ1v) is 4.92. The molecule has 0 aromatic rings. The summed E-state index contributed by atoms with van der Waals surface area (Å²) in [5.41, 5.74) is 1.69. The van der Waals surface area contributed by atoms with Gasteiger partial charge in [-0.15, -0.1) is 0 Å². The van der Waals surface area contributed by atoms with E-state index in [0.29, 0.717) is 5.41 Å². The van der Waals surface area contributed by atoms with Gasteiger partial charge in [0.15, 0.2) is 0 Å². The van der Waals surface area contributed by atoms with Gasteiger partial charge in [-0.25, -0.2) is 0 Å². The molecule has 1 rings (SSSR count). The summed E-state index contributed by atoms with van der Waals surface area (Å²) >= 11 is 0. The molecule has 1 atom stereocenters. The lowest BCUT2D eigenvalue weighted by molar-refractivity contribution is 0.476. The molecule has 0 bridgehead atoms. The Morgan fingerprint density at radius 3 is 2.50 bits per heavy atom. The third-order valence-electron chi connectivity index (χ3n) is 2.58. The second kappa shape index (κ2) is 3.61. The van der Waals surface area contributed by atoms with Gasteiger partial charge in [-0.2, -0.15) is 0 Å². The minimum absolute atomic E-state index is 0.303. The van der Waals surface area contributed by atoms with Crippen LogP contribution in [-0.2, 0) is 0 Å². The van der Waals surface area contributed by atoms with Crippen LogP contribution in [0.5, 0.6) is 0 Å². The molecule has 1 saturated heterocycles. The third kappa shape index (κ3) is 3.40. The Bertz CT molecular complexity index is 160. The lowest BCUT2D eigenvalue weighted by atomic mass is 9.84. The molecule has 70 valence electrons. The highest BCUT2D eigenvalue weighted by molar-refractivity contribution is 5.04. The second-order valence-electron chi connectivity index (χ2n) is 4.85. The van der Waals surface area contributed by atoms with E-state index < -0.39 is 0 Å². The van der Waals surface area contributed by atoms with Gasteiger partial charge in [0.05, 0.1) is 0 Å². The fourth-order valence-corrected chi connectivity index (χ4v) is 1.22. The van der Waals surface area contributed by atoms with E-state index in [4.69, 9.17) is 0 Å². The van der Waals surface area contributed by atoms with Crippen molar-refractivity contribution in [3.63, 3.8) is 0 Å². The highest BCUT2D eigenvalue weighted by Gasteiger charge is 2.20. The molecule has 1 heterocycles. The second-order valence-corrected chi connectivity index (χ2v) is 4.85. The van der Waals surface area contributed by atoms with Crippen molar-refractivity contribution in [2.45, 2.75) is 46.1 Å². The van der Waals surface area contributed by atoms with Gasteiger partial charge in [0.1, 0.15) is 0 Å². The summed E-state index contributed by atoms with van der Waals surface area (Å²) in [6.45, 7) is 12.1. The number of hydrogen-bond acceptors (Lipinski definition) is 1. The number of allylic oxidation sites excluding steroid dienone is 1. The molecule has 1 nitrogen and oxygen atoms in total. The van der Waals surface area contributed by atoms with Gasteiger partial charge in [0.2, 0.25) is 0 Å². The standard InChI is InChI=1S/C11H21N/c1-9(11(2,3)4)6-5-7-10-8-12-10/h10,12H,1,5-8H2,2-4H3. The molecule has 0 amide bonds. The average Bonchev–Trinajstić information content (AvgIpc) is 2.69. The summed E-state index contributed by atoms with van der Waals surface area (Å²) in [6, 6.07) is 0.831. The van der Waals surface area contributed by atoms with Crippen molar-refractivity contribution in [1.29, 1.82) is 0 Å². The maximum Gasteiger partial charge on any atom is 0.0193 e. The minimum atomic E-state index is 0.303. The topological polar surface area (TPSA) is 21.9 Å². The van der Waals surface area contributed by atoms with Crippen molar-refractivity contribution in [3.8, 4) is 0 Å². The Kier molecular flexibility index (Phi) is 2.94. The van der Waals surface area contributed by atoms with Crippen LogP contribution < -0.4 is 5.32 Å². The van der Waals surface area contributed by atoms with Crippen molar-refractivity contribution in [2.24, 2.45) is 5.41 Å². The molecule has 0 spiro atoms. The molecular formula is C11H21N. The van der Waals surface area contributed by atoms with Crippen LogP contribution in [0.2, 0.25) is 0 Å². The molecular weight excluding hydrogens is 146 g/mol. The molecule has 0 aromatic carbocycles. The van der Waals surface area contributed by atoms with E-state index in [1.807, 2.05) is 0 Å². The summed E-state index contributed by atoms with van der Waals surface area (Å²) in [7, 11) is 0. The Morgan fingerprint density at radius 2 is 2.08 bits per heavy atom. The normalized spacial score (nSPS) is 22.4. The van der Waals surface area contributed by atoms with Crippen LogP contribution in [0, 0.1) is 5.41 Å². The SMILES string of the molecule is C=C(CCCC1CN1)C(C)(C)C. The molecule has 0 aliphatic carbocycles. The van der Waals surface area contributed by atoms with E-state index in [0.717, 1.165) is 6.04 Å². The van der Waals surface area contributed by atoms with Crippen LogP contribution in [0.4, 0.5) is 0 Å². The van der Waals surface area contributed by atoms with Crippen LogP contribution in [0.1, 0.15) is 40.0 Å². The Morgan fingerprint density at radius 1 is 1.50 bits per heavy atom. The highest BCUT2D eigenvalue weighted by Crippen LogP contribution is 2.28. The first-order chi connectivity index (χ1) is 5.50. The molecule has 1 aliphatic rings. The predicted molar refractivity (Wildman–Crippen MR) is 54.2 cm³/mol. The minimum Gasteiger partial charge on any atom is -0.311 e. The van der Waals surface area contributed by atoms with Crippen molar-refractivity contribution in [1.82, 2.24) is 5.32 Å². The van der Waals surface area contributed by atoms with E-state index in [1.165, 1.54) is 31.4 Å². The Hall–Kier alpha value is -0.300. The van der Waals surface area contributed by atoms with E-state index in [2.05, 4.69) is 32.7 Å². The monoisotopic (exact) mass is 167 g/mol. The van der Waals surface area contributed by atoms with Gasteiger partial charge in [-0.1, -0.05) is 32.9 Å². The maximum absolute atomic E-state index is 4.12. The Balaban J connectivity index is 2.08. The van der Waals surface area contributed by atoms with Gasteiger partial charge in [0.25, 0.3) is 0 Å². The number of nitrogens with one attached hydrogen (secondary N) is 1. The molecule has 0 saturated carbocycles. The van der Waals surface area contributed by atoms with Crippen molar-refractivity contribution >= 4 is 0 Å². The molecule has 0 radical (unpaired) electrons. The van der Waals surface area contributed by atoms with Crippen LogP contribution in [0.15, 0.2) is 12.2 Å². The van der Waals surface area contributed by atoms with Gasteiger partial charge < -0.3 is 5.32 Å². The zero-order valence-electron chi connectivity index (χ0n) is 8.61. The van der Waals surface area contributed by atoms with Crippen LogP contribution >= 0.6 is 0 Å². The quantitative estimate of drug-likeness (QED) is 0.504. The van der Waals surface area contributed by atoms with Crippen molar-refractivity contribution in [2.75, 3.05) is 6.54 Å². The fraction of sp³-hybridized carbons (Fsp3) is 0.818. The van der Waals surface area contributed by atoms with Gasteiger partial charge >= 0.3 is 0 Å². The molecule has 1 unspecified atom stereocenters. The van der Waals surface area contributed by atoms with Crippen LogP contribution in [-0.4, -0.2) is 12.6 Å². The molecule has 1 aliphatic heterocycles. The van der Waals surface area contributed by atoms with E-state index in [1.54, 1.807) is 0 Å². The molecule has 1 fully saturated rings. The summed E-state index contributed by atoms with van der Waals surface area (Å²) in [5.74, 6) is 0. The van der Waals surface area contributed by atoms with Crippen molar-refractivity contribution < 1.29 is 0 Å². The lowest BCUT2D eigenvalue weighted by Crippen LogP contribution is -2.08. The van der Waals surface area contributed by atoms with E-state index in [9.17, 15) is 0 Å². The first kappa shape index (κ1) is 9.79. The third-order valence-corrected chi connectivity index (χ3v) is 2.58. The number of hydrogen-bond donors (Lipinski definition) is 1. The van der Waals surface area contributed by atoms with Crippen molar-refractivity contribution in [3.05, 3.63) is 12.2 Å². The molecule has 12 heavy (non-hydrogen) atoms. The predicted octanol–water partition coefficient (Wildman–Crippen LogP) is 2.73. The smallest absolute Gasteiger partial charge is 0.0193 e. The van der Waals surface area contributed by atoms with Crippen LogP contribution in [0.25, 0.3) is 0 Å². The summed E-state index contributed by atoms with van der Waals surface area (Å²) in [5, 5.41) is 3.32. The largest absolute Gasteiger partial charge is 0.311 e. The molecule has 0 aromatic heterocycles. The Labute approximate surface area is 76.2 Å². The number of rotatable bonds is 4. The van der Waals surface area contributed by atoms with Gasteiger partial charge in [0, 0.05) is 12.6 Å². The van der Waals surface area contributed by atoms with Gasteiger partial charge in [-0.3, -0.25) is 0 Å². The van der Waals surface area contributed by atoms with Crippen LogP contribution in [0.3, 0.4) is 0 Å². The maximum atomic E-state index is 4.12. The first-order valence-electron chi connectivity index (χ1n) is 4.92. The highest BCUT2D eigenvalue weighted by atomic mass is 15.1. The molecule has 1 heteroatoms. The zero-order valence-corrected chi connectivity index (χ0v) is 8.61. The zero-order chi connectivity index (χ0) is 9.19. The summed E-state index contributed by atoms with van der Waals surface area (Å²) in [4.78, 5) is 0. The van der Waals surface area contributed by atoms with Gasteiger partial charge in [-0.05, 0) is 24.7 Å². The van der Waals surface area contributed by atoms with E-state index >= 15 is 0 Å². The summed E-state index contributed by atoms with van der Waals surface area (Å²) < 4.78 is 0. The average molecular weight is 167 g/mol. The fourth-order valence-electron chi connectivity index (χ4n) is 1.22. The molecule has 1 N–H and O–H groups in total. The lowest BCUT2D eigenvalue weighted by Gasteiger charge is -2.21. The summed E-state index contributed by atoms with van der Waals surface area (Å²) in [6.07, 6.45) is 3.82.